The van der Waals surface area contributed by atoms with Crippen molar-refractivity contribution in [3.8, 4) is 5.75 Å². The molecule has 0 saturated carbocycles. The topological polar surface area (TPSA) is 87.9 Å². The lowest BCUT2D eigenvalue weighted by molar-refractivity contribution is 0.0996. The van der Waals surface area contributed by atoms with Gasteiger partial charge in [0.15, 0.2) is 11.7 Å². The number of ether oxygens (including phenoxy) is 1. The molecular weight excluding hydrogens is 507 g/mol. The van der Waals surface area contributed by atoms with Crippen molar-refractivity contribution >= 4 is 41.5 Å². The van der Waals surface area contributed by atoms with Crippen LogP contribution in [-0.4, -0.2) is 25.5 Å². The minimum Gasteiger partial charge on any atom is -0.497 e. The lowest BCUT2D eigenvalue weighted by Gasteiger charge is -2.12. The Balaban J connectivity index is 0.00000341. The van der Waals surface area contributed by atoms with E-state index in [1.54, 1.807) is 19.2 Å². The van der Waals surface area contributed by atoms with E-state index < -0.39 is 0 Å². The Morgan fingerprint density at radius 1 is 1.03 bits per heavy atom. The van der Waals surface area contributed by atoms with Gasteiger partial charge in [0.1, 0.15) is 5.75 Å². The van der Waals surface area contributed by atoms with Crippen LogP contribution in [0.4, 0.5) is 5.69 Å². The Kier molecular flexibility index (Phi) is 9.89. The molecule has 164 valence electrons. The third kappa shape index (κ3) is 7.63. The van der Waals surface area contributed by atoms with Crippen LogP contribution >= 0.6 is 24.0 Å². The molecule has 0 fully saturated rings. The molecule has 1 heterocycles. The molecule has 0 radical (unpaired) electrons. The molecule has 0 atom stereocenters. The highest BCUT2D eigenvalue weighted by molar-refractivity contribution is 14.0. The highest BCUT2D eigenvalue weighted by atomic mass is 127. The van der Waals surface area contributed by atoms with Gasteiger partial charge in [0.2, 0.25) is 0 Å². The molecule has 3 aromatic rings. The van der Waals surface area contributed by atoms with E-state index in [0.29, 0.717) is 18.8 Å². The molecule has 0 aliphatic heterocycles. The maximum atomic E-state index is 12.1. The lowest BCUT2D eigenvalue weighted by atomic mass is 10.2. The summed E-state index contributed by atoms with van der Waals surface area (Å²) in [4.78, 5) is 16.8. The van der Waals surface area contributed by atoms with E-state index in [-0.39, 0.29) is 35.6 Å². The molecule has 0 unspecified atom stereocenters. The largest absolute Gasteiger partial charge is 0.497 e. The molecule has 0 aliphatic carbocycles. The van der Waals surface area contributed by atoms with Crippen molar-refractivity contribution in [3.63, 3.8) is 0 Å². The average Bonchev–Trinajstić information content (AvgIpc) is 3.31. The van der Waals surface area contributed by atoms with Crippen molar-refractivity contribution in [2.45, 2.75) is 20.0 Å². The monoisotopic (exact) mass is 534 g/mol. The van der Waals surface area contributed by atoms with Gasteiger partial charge in [0.25, 0.3) is 5.91 Å². The SMILES string of the molecule is CCNC(=NCc1cccc(NC(=O)c2ccco2)c1)NCc1ccc(OC)cc1.I. The number of guanidine groups is 1. The van der Waals surface area contributed by atoms with E-state index in [0.717, 1.165) is 29.4 Å². The minimum atomic E-state index is -0.282. The highest BCUT2D eigenvalue weighted by Crippen LogP contribution is 2.14. The number of nitrogens with zero attached hydrogens (tertiary/aromatic N) is 1. The van der Waals surface area contributed by atoms with Crippen LogP contribution in [0.1, 0.15) is 28.6 Å². The van der Waals surface area contributed by atoms with Gasteiger partial charge in [0.05, 0.1) is 19.9 Å². The van der Waals surface area contributed by atoms with Gasteiger partial charge >= 0.3 is 0 Å². The molecule has 2 aromatic carbocycles. The second-order valence-corrected chi connectivity index (χ2v) is 6.53. The molecule has 3 N–H and O–H groups in total. The number of hydrogen-bond donors (Lipinski definition) is 3. The number of carbonyl (C=O) groups is 1. The van der Waals surface area contributed by atoms with E-state index in [4.69, 9.17) is 9.15 Å². The molecule has 1 aromatic heterocycles. The number of aliphatic imine (C=N–C) groups is 1. The molecule has 0 aliphatic rings. The molecule has 31 heavy (non-hydrogen) atoms. The predicted octanol–water partition coefficient (Wildman–Crippen LogP) is 4.41. The van der Waals surface area contributed by atoms with E-state index >= 15 is 0 Å². The van der Waals surface area contributed by atoms with Crippen LogP contribution in [-0.2, 0) is 13.1 Å². The fourth-order valence-corrected chi connectivity index (χ4v) is 2.79. The number of anilines is 1. The minimum absolute atomic E-state index is 0. The van der Waals surface area contributed by atoms with Gasteiger partial charge in [-0.3, -0.25) is 4.79 Å². The second-order valence-electron chi connectivity index (χ2n) is 6.53. The van der Waals surface area contributed by atoms with E-state index in [1.165, 1.54) is 6.26 Å². The van der Waals surface area contributed by atoms with Gasteiger partial charge in [-0.25, -0.2) is 4.99 Å². The van der Waals surface area contributed by atoms with Crippen LogP contribution in [0.15, 0.2) is 76.3 Å². The van der Waals surface area contributed by atoms with Crippen LogP contribution in [0.3, 0.4) is 0 Å². The second kappa shape index (κ2) is 12.6. The van der Waals surface area contributed by atoms with Crippen LogP contribution in [0.25, 0.3) is 0 Å². The van der Waals surface area contributed by atoms with Crippen molar-refractivity contribution in [2.24, 2.45) is 4.99 Å². The lowest BCUT2D eigenvalue weighted by Crippen LogP contribution is -2.36. The Morgan fingerprint density at radius 3 is 2.52 bits per heavy atom. The van der Waals surface area contributed by atoms with Crippen molar-refractivity contribution in [3.05, 3.63) is 83.8 Å². The normalized spacial score (nSPS) is 10.7. The van der Waals surface area contributed by atoms with Gasteiger partial charge in [0, 0.05) is 18.8 Å². The number of carbonyl (C=O) groups excluding carboxylic acids is 1. The van der Waals surface area contributed by atoms with Crippen molar-refractivity contribution in [1.29, 1.82) is 0 Å². The number of nitrogens with one attached hydrogen (secondary N) is 3. The Morgan fingerprint density at radius 2 is 1.84 bits per heavy atom. The van der Waals surface area contributed by atoms with Gasteiger partial charge in [-0.15, -0.1) is 24.0 Å². The quantitative estimate of drug-likeness (QED) is 0.227. The molecule has 3 rings (SSSR count). The maximum Gasteiger partial charge on any atom is 0.291 e. The zero-order valence-corrected chi connectivity index (χ0v) is 19.9. The summed E-state index contributed by atoms with van der Waals surface area (Å²) in [6, 6.07) is 18.8. The first-order chi connectivity index (χ1) is 14.7. The van der Waals surface area contributed by atoms with Gasteiger partial charge in [-0.2, -0.15) is 0 Å². The Labute approximate surface area is 199 Å². The van der Waals surface area contributed by atoms with Crippen molar-refractivity contribution in [1.82, 2.24) is 10.6 Å². The van der Waals surface area contributed by atoms with Crippen molar-refractivity contribution < 1.29 is 13.9 Å². The summed E-state index contributed by atoms with van der Waals surface area (Å²) in [5.74, 6) is 1.54. The summed E-state index contributed by atoms with van der Waals surface area (Å²) in [5.41, 5.74) is 2.80. The summed E-state index contributed by atoms with van der Waals surface area (Å²) < 4.78 is 10.3. The maximum absolute atomic E-state index is 12.1. The van der Waals surface area contributed by atoms with E-state index in [1.807, 2.05) is 55.5 Å². The first kappa shape index (κ1) is 24.3. The van der Waals surface area contributed by atoms with Gasteiger partial charge < -0.3 is 25.1 Å². The van der Waals surface area contributed by atoms with Crippen LogP contribution in [0, 0.1) is 0 Å². The first-order valence-electron chi connectivity index (χ1n) is 9.77. The van der Waals surface area contributed by atoms with Crippen LogP contribution in [0.5, 0.6) is 5.75 Å². The van der Waals surface area contributed by atoms with Crippen LogP contribution in [0.2, 0.25) is 0 Å². The zero-order chi connectivity index (χ0) is 21.2. The fourth-order valence-electron chi connectivity index (χ4n) is 2.79. The highest BCUT2D eigenvalue weighted by Gasteiger charge is 2.08. The standard InChI is InChI=1S/C23H26N4O3.HI/c1-3-24-23(25-15-17-9-11-20(29-2)12-10-17)26-16-18-6-4-7-19(14-18)27-22(28)21-8-5-13-30-21;/h4-14H,3,15-16H2,1-2H3,(H,27,28)(H2,24,25,26);1H. The molecule has 7 nitrogen and oxygen atoms in total. The number of methoxy groups -OCH3 is 1. The third-order valence-electron chi connectivity index (χ3n) is 4.31. The molecular formula is C23H27IN4O3. The molecule has 0 bridgehead atoms. The van der Waals surface area contributed by atoms with Crippen molar-refractivity contribution in [2.75, 3.05) is 19.0 Å². The molecule has 0 spiro atoms. The van der Waals surface area contributed by atoms with E-state index in [2.05, 4.69) is 20.9 Å². The number of halogens is 1. The summed E-state index contributed by atoms with van der Waals surface area (Å²) in [7, 11) is 1.65. The molecule has 1 amide bonds. The first-order valence-corrected chi connectivity index (χ1v) is 9.77. The molecule has 8 heteroatoms. The van der Waals surface area contributed by atoms with Crippen LogP contribution < -0.4 is 20.7 Å². The predicted molar refractivity (Wildman–Crippen MR) is 133 cm³/mol. The summed E-state index contributed by atoms with van der Waals surface area (Å²) in [6.07, 6.45) is 1.47. The Bertz CT molecular complexity index is 973. The summed E-state index contributed by atoms with van der Waals surface area (Å²) in [6.45, 7) is 3.90. The zero-order valence-electron chi connectivity index (χ0n) is 17.6. The number of hydrogen-bond acceptors (Lipinski definition) is 4. The molecule has 0 saturated heterocycles. The average molecular weight is 534 g/mol. The third-order valence-corrected chi connectivity index (χ3v) is 4.31. The number of furan rings is 1. The fraction of sp³-hybridized carbons (Fsp3) is 0.217. The smallest absolute Gasteiger partial charge is 0.291 e. The summed E-state index contributed by atoms with van der Waals surface area (Å²) >= 11 is 0. The number of rotatable bonds is 8. The Hall–Kier alpha value is -3.01. The van der Waals surface area contributed by atoms with E-state index in [9.17, 15) is 4.79 Å². The van der Waals surface area contributed by atoms with Gasteiger partial charge in [-0.1, -0.05) is 24.3 Å². The number of benzene rings is 2. The summed E-state index contributed by atoms with van der Waals surface area (Å²) in [5, 5.41) is 9.40. The van der Waals surface area contributed by atoms with Gasteiger partial charge in [-0.05, 0) is 54.4 Å². The number of amides is 1.